The Balaban J connectivity index is 1.76. The fourth-order valence-corrected chi connectivity index (χ4v) is 2.94. The lowest BCUT2D eigenvalue weighted by Crippen LogP contribution is -2.26. The van der Waals surface area contributed by atoms with Crippen molar-refractivity contribution >= 4 is 17.7 Å². The molecule has 0 aliphatic rings. The Bertz CT molecular complexity index is 584. The van der Waals surface area contributed by atoms with Crippen LogP contribution in [0.15, 0.2) is 59.5 Å². The van der Waals surface area contributed by atoms with Gasteiger partial charge in [0.2, 0.25) is 5.91 Å². The van der Waals surface area contributed by atoms with Crippen LogP contribution in [-0.2, 0) is 4.79 Å². The van der Waals surface area contributed by atoms with Gasteiger partial charge in [0, 0.05) is 17.1 Å². The Morgan fingerprint density at radius 1 is 1.14 bits per heavy atom. The maximum atomic E-state index is 12.0. The number of carbonyl (C=O) groups is 1. The largest absolute Gasteiger partial charge is 0.497 e. The van der Waals surface area contributed by atoms with E-state index in [1.807, 2.05) is 49.4 Å². The predicted molar refractivity (Wildman–Crippen MR) is 91.3 cm³/mol. The summed E-state index contributed by atoms with van der Waals surface area (Å²) in [7, 11) is 1.64. The van der Waals surface area contributed by atoms with Crippen LogP contribution < -0.4 is 10.1 Å². The zero-order chi connectivity index (χ0) is 15.8. The molecular weight excluding hydrogens is 294 g/mol. The maximum absolute atomic E-state index is 12.0. The molecule has 0 spiro atoms. The zero-order valence-electron chi connectivity index (χ0n) is 12.9. The highest BCUT2D eigenvalue weighted by Crippen LogP contribution is 2.19. The molecule has 116 valence electrons. The van der Waals surface area contributed by atoms with E-state index in [9.17, 15) is 4.79 Å². The number of benzene rings is 2. The van der Waals surface area contributed by atoms with Gasteiger partial charge in [-0.3, -0.25) is 4.79 Å². The molecule has 0 saturated carbocycles. The van der Waals surface area contributed by atoms with Gasteiger partial charge < -0.3 is 10.1 Å². The SMILES string of the molecule is COc1ccc([C@H](C)NC(=O)CCSc2ccccc2)cc1. The summed E-state index contributed by atoms with van der Waals surface area (Å²) in [6.07, 6.45) is 0.514. The first-order chi connectivity index (χ1) is 10.7. The van der Waals surface area contributed by atoms with Crippen LogP contribution in [0, 0.1) is 0 Å². The minimum atomic E-state index is 0.000122. The quantitative estimate of drug-likeness (QED) is 0.783. The molecule has 1 atom stereocenters. The summed E-state index contributed by atoms with van der Waals surface area (Å²) in [4.78, 5) is 13.2. The topological polar surface area (TPSA) is 38.3 Å². The van der Waals surface area contributed by atoms with Crippen LogP contribution in [0.3, 0.4) is 0 Å². The molecule has 0 fully saturated rings. The summed E-state index contributed by atoms with van der Waals surface area (Å²) >= 11 is 1.70. The lowest BCUT2D eigenvalue weighted by atomic mass is 10.1. The average Bonchev–Trinajstić information content (AvgIpc) is 2.56. The van der Waals surface area contributed by atoms with E-state index >= 15 is 0 Å². The van der Waals surface area contributed by atoms with Gasteiger partial charge >= 0.3 is 0 Å². The monoisotopic (exact) mass is 315 g/mol. The lowest BCUT2D eigenvalue weighted by Gasteiger charge is -2.14. The first-order valence-corrected chi connectivity index (χ1v) is 8.29. The fraction of sp³-hybridized carbons (Fsp3) is 0.278. The standard InChI is InChI=1S/C18H21NO2S/c1-14(15-8-10-16(21-2)11-9-15)19-18(20)12-13-22-17-6-4-3-5-7-17/h3-11,14H,12-13H2,1-2H3,(H,19,20)/t14-/m0/s1. The molecule has 4 heteroatoms. The Morgan fingerprint density at radius 3 is 2.45 bits per heavy atom. The normalized spacial score (nSPS) is 11.7. The van der Waals surface area contributed by atoms with Crippen molar-refractivity contribution in [2.45, 2.75) is 24.3 Å². The molecule has 0 unspecified atom stereocenters. The summed E-state index contributed by atoms with van der Waals surface area (Å²) in [6, 6.07) is 17.9. The second-order valence-electron chi connectivity index (χ2n) is 4.97. The van der Waals surface area contributed by atoms with Crippen LogP contribution in [-0.4, -0.2) is 18.8 Å². The number of rotatable bonds is 7. The summed E-state index contributed by atoms with van der Waals surface area (Å²) in [5.74, 6) is 1.68. The van der Waals surface area contributed by atoms with Gasteiger partial charge in [-0.1, -0.05) is 30.3 Å². The molecular formula is C18H21NO2S. The van der Waals surface area contributed by atoms with E-state index in [0.717, 1.165) is 17.1 Å². The Labute approximate surface area is 136 Å². The molecule has 2 rings (SSSR count). The number of thioether (sulfide) groups is 1. The van der Waals surface area contributed by atoms with Crippen molar-refractivity contribution in [1.29, 1.82) is 0 Å². The summed E-state index contributed by atoms with van der Waals surface area (Å²) in [6.45, 7) is 1.99. The minimum Gasteiger partial charge on any atom is -0.497 e. The molecule has 1 amide bonds. The lowest BCUT2D eigenvalue weighted by molar-refractivity contribution is -0.121. The third-order valence-corrected chi connectivity index (χ3v) is 4.35. The summed E-state index contributed by atoms with van der Waals surface area (Å²) in [5, 5.41) is 3.03. The van der Waals surface area contributed by atoms with Crippen LogP contribution in [0.4, 0.5) is 0 Å². The van der Waals surface area contributed by atoms with Crippen LogP contribution in [0.5, 0.6) is 5.75 Å². The first kappa shape index (κ1) is 16.4. The molecule has 0 radical (unpaired) electrons. The van der Waals surface area contributed by atoms with Crippen molar-refractivity contribution < 1.29 is 9.53 Å². The first-order valence-electron chi connectivity index (χ1n) is 7.30. The number of ether oxygens (including phenoxy) is 1. The molecule has 0 aliphatic carbocycles. The molecule has 0 bridgehead atoms. The van der Waals surface area contributed by atoms with Crippen molar-refractivity contribution in [2.75, 3.05) is 12.9 Å². The van der Waals surface area contributed by atoms with Gasteiger partial charge in [0.05, 0.1) is 13.2 Å². The van der Waals surface area contributed by atoms with Crippen LogP contribution in [0.1, 0.15) is 24.9 Å². The van der Waals surface area contributed by atoms with Crippen molar-refractivity contribution in [1.82, 2.24) is 5.32 Å². The number of carbonyl (C=O) groups excluding carboxylic acids is 1. The number of hydrogen-bond donors (Lipinski definition) is 1. The molecule has 0 aliphatic heterocycles. The van der Waals surface area contributed by atoms with Crippen LogP contribution in [0.2, 0.25) is 0 Å². The van der Waals surface area contributed by atoms with Gasteiger partial charge in [-0.25, -0.2) is 0 Å². The van der Waals surface area contributed by atoms with E-state index < -0.39 is 0 Å². The Morgan fingerprint density at radius 2 is 1.82 bits per heavy atom. The number of methoxy groups -OCH3 is 1. The van der Waals surface area contributed by atoms with Crippen LogP contribution in [0.25, 0.3) is 0 Å². The second kappa shape index (κ2) is 8.49. The summed E-state index contributed by atoms with van der Waals surface area (Å²) < 4.78 is 5.14. The third kappa shape index (κ3) is 5.11. The van der Waals surface area contributed by atoms with Gasteiger partial charge in [-0.2, -0.15) is 0 Å². The van der Waals surface area contributed by atoms with Gasteiger partial charge in [0.1, 0.15) is 5.75 Å². The molecule has 0 saturated heterocycles. The van der Waals surface area contributed by atoms with Crippen LogP contribution >= 0.6 is 11.8 Å². The van der Waals surface area contributed by atoms with Crippen molar-refractivity contribution in [3.05, 3.63) is 60.2 Å². The molecule has 2 aromatic carbocycles. The number of nitrogens with one attached hydrogen (secondary N) is 1. The van der Waals surface area contributed by atoms with E-state index in [1.165, 1.54) is 4.90 Å². The zero-order valence-corrected chi connectivity index (χ0v) is 13.7. The average molecular weight is 315 g/mol. The van der Waals surface area contributed by atoms with E-state index in [0.29, 0.717) is 6.42 Å². The fourth-order valence-electron chi connectivity index (χ4n) is 2.07. The second-order valence-corrected chi connectivity index (χ2v) is 6.14. The molecule has 22 heavy (non-hydrogen) atoms. The smallest absolute Gasteiger partial charge is 0.221 e. The molecule has 0 heterocycles. The van der Waals surface area contributed by atoms with Gasteiger partial charge in [0.15, 0.2) is 0 Å². The highest BCUT2D eigenvalue weighted by molar-refractivity contribution is 7.99. The van der Waals surface area contributed by atoms with Crippen molar-refractivity contribution in [3.63, 3.8) is 0 Å². The highest BCUT2D eigenvalue weighted by atomic mass is 32.2. The Kier molecular flexibility index (Phi) is 6.34. The minimum absolute atomic E-state index is 0.000122. The summed E-state index contributed by atoms with van der Waals surface area (Å²) in [5.41, 5.74) is 1.07. The van der Waals surface area contributed by atoms with Gasteiger partial charge in [0.25, 0.3) is 0 Å². The van der Waals surface area contributed by atoms with Gasteiger partial charge in [-0.15, -0.1) is 11.8 Å². The molecule has 0 aromatic heterocycles. The van der Waals surface area contributed by atoms with Crippen molar-refractivity contribution in [3.8, 4) is 5.75 Å². The Hall–Kier alpha value is -1.94. The predicted octanol–water partition coefficient (Wildman–Crippen LogP) is 4.05. The van der Waals surface area contributed by atoms with Gasteiger partial charge in [-0.05, 0) is 36.8 Å². The highest BCUT2D eigenvalue weighted by Gasteiger charge is 2.09. The number of amides is 1. The van der Waals surface area contributed by atoms with E-state index in [-0.39, 0.29) is 11.9 Å². The third-order valence-electron chi connectivity index (χ3n) is 3.33. The molecule has 2 aromatic rings. The van der Waals surface area contributed by atoms with Crippen molar-refractivity contribution in [2.24, 2.45) is 0 Å². The number of hydrogen-bond acceptors (Lipinski definition) is 3. The molecule has 3 nitrogen and oxygen atoms in total. The van der Waals surface area contributed by atoms with E-state index in [2.05, 4.69) is 17.4 Å². The molecule has 1 N–H and O–H groups in total. The maximum Gasteiger partial charge on any atom is 0.221 e. The van der Waals surface area contributed by atoms with E-state index in [4.69, 9.17) is 4.74 Å². The van der Waals surface area contributed by atoms with E-state index in [1.54, 1.807) is 18.9 Å².